The largest absolute Gasteiger partial charge is 0.151 e. The monoisotopic (exact) mass is 115 g/mol. The van der Waals surface area contributed by atoms with Crippen LogP contribution >= 0.6 is 11.9 Å². The minimum atomic E-state index is 1.47. The van der Waals surface area contributed by atoms with Gasteiger partial charge in [0, 0.05) is 6.26 Å². The molecular formula is C3H5N3S. The van der Waals surface area contributed by atoms with Crippen LogP contribution in [-0.2, 0) is 0 Å². The highest BCUT2D eigenvalue weighted by molar-refractivity contribution is 7.96. The van der Waals surface area contributed by atoms with Crippen LogP contribution in [-0.4, -0.2) is 20.7 Å². The smallest absolute Gasteiger partial charge is 0.0703 e. The van der Waals surface area contributed by atoms with Gasteiger partial charge in [0.15, 0.2) is 0 Å². The van der Waals surface area contributed by atoms with Gasteiger partial charge in [-0.1, -0.05) is 0 Å². The number of aromatic nitrogens is 3. The molecule has 0 saturated carbocycles. The number of rotatable bonds is 1. The van der Waals surface area contributed by atoms with Gasteiger partial charge in [-0.25, -0.2) is 0 Å². The quantitative estimate of drug-likeness (QED) is 0.531. The Labute approximate surface area is 45.9 Å². The van der Waals surface area contributed by atoms with Crippen LogP contribution in [0.25, 0.3) is 0 Å². The Kier molecular flexibility index (Phi) is 1.31. The van der Waals surface area contributed by atoms with Crippen LogP contribution < -0.4 is 0 Å². The molecule has 1 aromatic rings. The number of nitrogens with zero attached hydrogens (tertiary/aromatic N) is 3. The van der Waals surface area contributed by atoms with Crippen LogP contribution in [0.3, 0.4) is 0 Å². The van der Waals surface area contributed by atoms with E-state index in [4.69, 9.17) is 0 Å². The van der Waals surface area contributed by atoms with E-state index in [0.717, 1.165) is 0 Å². The van der Waals surface area contributed by atoms with Crippen molar-refractivity contribution < 1.29 is 0 Å². The highest BCUT2D eigenvalue weighted by atomic mass is 32.2. The fourth-order valence-electron chi connectivity index (χ4n) is 0.298. The van der Waals surface area contributed by atoms with Crippen molar-refractivity contribution in [3.63, 3.8) is 0 Å². The molecule has 0 spiro atoms. The summed E-state index contributed by atoms with van der Waals surface area (Å²) in [6.45, 7) is 0. The summed E-state index contributed by atoms with van der Waals surface area (Å²) in [5.41, 5.74) is 0. The molecule has 38 valence electrons. The molecule has 0 fully saturated rings. The molecule has 1 heterocycles. The second kappa shape index (κ2) is 1.97. The van der Waals surface area contributed by atoms with Crippen molar-refractivity contribution in [2.24, 2.45) is 0 Å². The van der Waals surface area contributed by atoms with Gasteiger partial charge in [-0.2, -0.15) is 10.2 Å². The Hall–Kier alpha value is -0.510. The highest BCUT2D eigenvalue weighted by Crippen LogP contribution is 1.89. The van der Waals surface area contributed by atoms with Crippen molar-refractivity contribution in [1.29, 1.82) is 0 Å². The number of hydrogen-bond donors (Lipinski definition) is 0. The first-order chi connectivity index (χ1) is 3.43. The molecule has 0 aliphatic rings. The van der Waals surface area contributed by atoms with E-state index in [-0.39, 0.29) is 0 Å². The van der Waals surface area contributed by atoms with Crippen LogP contribution in [0.2, 0.25) is 0 Å². The van der Waals surface area contributed by atoms with E-state index in [0.29, 0.717) is 0 Å². The average Bonchev–Trinajstić information content (AvgIpc) is 2.14. The van der Waals surface area contributed by atoms with Gasteiger partial charge in [0.1, 0.15) is 0 Å². The van der Waals surface area contributed by atoms with E-state index < -0.39 is 0 Å². The van der Waals surface area contributed by atoms with Crippen molar-refractivity contribution >= 4 is 11.9 Å². The van der Waals surface area contributed by atoms with E-state index >= 15 is 0 Å². The van der Waals surface area contributed by atoms with Gasteiger partial charge in [0.05, 0.1) is 12.4 Å². The molecule has 7 heavy (non-hydrogen) atoms. The zero-order valence-electron chi connectivity index (χ0n) is 3.90. The summed E-state index contributed by atoms with van der Waals surface area (Å²) in [4.78, 5) is 0. The summed E-state index contributed by atoms with van der Waals surface area (Å²) < 4.78 is 1.54. The Balaban J connectivity index is 2.76. The minimum absolute atomic E-state index is 1.47. The molecule has 0 bridgehead atoms. The third-order valence-corrected chi connectivity index (χ3v) is 1.08. The minimum Gasteiger partial charge on any atom is -0.151 e. The van der Waals surface area contributed by atoms with Crippen LogP contribution in [0.4, 0.5) is 0 Å². The van der Waals surface area contributed by atoms with Gasteiger partial charge in [-0.3, -0.25) is 0 Å². The topological polar surface area (TPSA) is 30.7 Å². The Morgan fingerprint density at radius 2 is 2.00 bits per heavy atom. The third-order valence-electron chi connectivity index (χ3n) is 0.561. The molecule has 0 atom stereocenters. The van der Waals surface area contributed by atoms with Gasteiger partial charge in [0.25, 0.3) is 0 Å². The number of hydrogen-bond acceptors (Lipinski definition) is 3. The van der Waals surface area contributed by atoms with E-state index in [9.17, 15) is 0 Å². The SMILES string of the molecule is CSn1nccn1. The molecule has 0 aromatic carbocycles. The van der Waals surface area contributed by atoms with E-state index in [2.05, 4.69) is 10.2 Å². The van der Waals surface area contributed by atoms with Gasteiger partial charge in [-0.15, -0.1) is 4.20 Å². The fourth-order valence-corrected chi connectivity index (χ4v) is 0.595. The zero-order chi connectivity index (χ0) is 5.11. The molecule has 0 N–H and O–H groups in total. The molecule has 0 amide bonds. The van der Waals surface area contributed by atoms with Crippen LogP contribution in [0.15, 0.2) is 12.4 Å². The molecule has 0 aliphatic heterocycles. The van der Waals surface area contributed by atoms with E-state index in [1.165, 1.54) is 11.9 Å². The summed E-state index contributed by atoms with van der Waals surface area (Å²) in [5.74, 6) is 0. The molecule has 3 nitrogen and oxygen atoms in total. The summed E-state index contributed by atoms with van der Waals surface area (Å²) >= 11 is 1.47. The summed E-state index contributed by atoms with van der Waals surface area (Å²) in [7, 11) is 0. The third kappa shape index (κ3) is 0.928. The maximum atomic E-state index is 3.80. The lowest BCUT2D eigenvalue weighted by Gasteiger charge is -1.83. The van der Waals surface area contributed by atoms with Gasteiger partial charge >= 0.3 is 0 Å². The van der Waals surface area contributed by atoms with Gasteiger partial charge in [-0.05, 0) is 11.9 Å². The first-order valence-corrected chi connectivity index (χ1v) is 3.02. The molecule has 0 aliphatic carbocycles. The second-order valence-electron chi connectivity index (χ2n) is 0.964. The Morgan fingerprint density at radius 3 is 2.29 bits per heavy atom. The molecule has 0 radical (unpaired) electrons. The van der Waals surface area contributed by atoms with E-state index in [1.54, 1.807) is 16.6 Å². The van der Waals surface area contributed by atoms with E-state index in [1.807, 2.05) is 6.26 Å². The molecule has 4 heteroatoms. The highest BCUT2D eigenvalue weighted by Gasteiger charge is 1.79. The lowest BCUT2D eigenvalue weighted by Crippen LogP contribution is -1.87. The lowest BCUT2D eigenvalue weighted by atomic mass is 11.0. The predicted octanol–water partition coefficient (Wildman–Crippen LogP) is 0.404. The summed E-state index contributed by atoms with van der Waals surface area (Å²) in [6.07, 6.45) is 5.22. The van der Waals surface area contributed by atoms with Crippen molar-refractivity contribution in [3.8, 4) is 0 Å². The maximum absolute atomic E-state index is 3.80. The normalized spacial score (nSPS) is 9.29. The lowest BCUT2D eigenvalue weighted by molar-refractivity contribution is 0.866. The van der Waals surface area contributed by atoms with Crippen LogP contribution in [0, 0.1) is 0 Å². The standard InChI is InChI=1S/C3H5N3S/c1-7-6-4-2-3-5-6/h2-3H,1H3. The maximum Gasteiger partial charge on any atom is 0.0703 e. The Bertz CT molecular complexity index is 125. The summed E-state index contributed by atoms with van der Waals surface area (Å²) in [5, 5.41) is 7.61. The predicted molar refractivity (Wildman–Crippen MR) is 28.9 cm³/mol. The van der Waals surface area contributed by atoms with Crippen molar-refractivity contribution in [1.82, 2.24) is 14.4 Å². The average molecular weight is 115 g/mol. The van der Waals surface area contributed by atoms with Crippen molar-refractivity contribution in [3.05, 3.63) is 12.4 Å². The second-order valence-corrected chi connectivity index (χ2v) is 1.66. The zero-order valence-corrected chi connectivity index (χ0v) is 4.72. The van der Waals surface area contributed by atoms with Crippen molar-refractivity contribution in [2.75, 3.05) is 6.26 Å². The molecule has 0 unspecified atom stereocenters. The van der Waals surface area contributed by atoms with Gasteiger partial charge in [0.2, 0.25) is 0 Å². The van der Waals surface area contributed by atoms with Crippen molar-refractivity contribution in [2.45, 2.75) is 0 Å². The van der Waals surface area contributed by atoms with Crippen LogP contribution in [0.5, 0.6) is 0 Å². The molecule has 1 rings (SSSR count). The Morgan fingerprint density at radius 1 is 1.43 bits per heavy atom. The summed E-state index contributed by atoms with van der Waals surface area (Å²) in [6, 6.07) is 0. The molecule has 0 saturated heterocycles. The first-order valence-electron chi connectivity index (χ1n) is 1.84. The first kappa shape index (κ1) is 4.64. The molecule has 1 aromatic heterocycles. The fraction of sp³-hybridized carbons (Fsp3) is 0.333. The molecular weight excluding hydrogens is 110 g/mol. The van der Waals surface area contributed by atoms with Crippen LogP contribution in [0.1, 0.15) is 0 Å². The van der Waals surface area contributed by atoms with Gasteiger partial charge < -0.3 is 0 Å².